The minimum absolute atomic E-state index is 0.0226. The fourth-order valence-electron chi connectivity index (χ4n) is 9.49. The molecule has 6 heterocycles. The number of carbonyl (C=O) groups excluding carboxylic acids is 6. The molecule has 22 nitrogen and oxygen atoms in total. The standard InChI is InChI=1S/C62H40N10O12S4/c1-3-71-51(73)49(87-53(71)39(27-63)28-64)69-59-67-47-45(85-59)41-25-44-42(26-43(41)61(83-47,55(75)79-31-35-17-9-5-10-18-35)56(76)80-32-36-19-11-6-12-20-36)46-48(68-60(86-46)70-50-52(74)72(4-2)54(88-50)40(29-65)30-66)84-62(44,57(77)81-33-37-21-13-7-14-22-37)58(78)82-34-38-23-15-8-16-24-38/h5-26H,3-4,31-34H2,1-2H3. The second-order valence-electron chi connectivity index (χ2n) is 19.0. The maximum Gasteiger partial charge on any atom is 0.367 e. The lowest BCUT2D eigenvalue weighted by molar-refractivity contribution is -0.185. The molecule has 2 saturated heterocycles. The summed E-state index contributed by atoms with van der Waals surface area (Å²) in [4.78, 5) is 111. The third-order valence-electron chi connectivity index (χ3n) is 13.7. The number of aliphatic imine (C=N–C) groups is 2. The number of amides is 2. The minimum atomic E-state index is -2.98. The monoisotopic (exact) mass is 1240 g/mol. The van der Waals surface area contributed by atoms with E-state index in [4.69, 9.17) is 28.4 Å². The summed E-state index contributed by atoms with van der Waals surface area (Å²) in [6.07, 6.45) is 0. The number of thioether (sulfide) groups is 2. The van der Waals surface area contributed by atoms with E-state index < -0.39 is 85.1 Å². The van der Waals surface area contributed by atoms with Crippen molar-refractivity contribution in [3.05, 3.63) is 188 Å². The highest BCUT2D eigenvalue weighted by molar-refractivity contribution is 8.20. The van der Waals surface area contributed by atoms with E-state index in [0.29, 0.717) is 22.3 Å². The first kappa shape index (κ1) is 59.0. The van der Waals surface area contributed by atoms with Crippen LogP contribution in [0.4, 0.5) is 10.3 Å². The van der Waals surface area contributed by atoms with E-state index in [1.807, 2.05) is 24.3 Å². The van der Waals surface area contributed by atoms with Crippen LogP contribution in [0.2, 0.25) is 0 Å². The fourth-order valence-corrected chi connectivity index (χ4v) is 13.5. The first-order valence-corrected chi connectivity index (χ1v) is 29.7. The number of hydrogen-bond donors (Lipinski definition) is 0. The van der Waals surface area contributed by atoms with Crippen LogP contribution in [0.1, 0.15) is 47.2 Å². The summed E-state index contributed by atoms with van der Waals surface area (Å²) in [6, 6.07) is 44.1. The summed E-state index contributed by atoms with van der Waals surface area (Å²) in [5, 5.41) is 38.5. The van der Waals surface area contributed by atoms with Crippen molar-refractivity contribution in [2.75, 3.05) is 13.1 Å². The molecule has 7 aromatic rings. The molecule has 0 atom stereocenters. The number of esters is 4. The Balaban J connectivity index is 1.18. The van der Waals surface area contributed by atoms with Crippen LogP contribution in [0.25, 0.3) is 20.9 Å². The number of hydrogen-bond acceptors (Lipinski definition) is 24. The summed E-state index contributed by atoms with van der Waals surface area (Å²) in [5.41, 5.74) is -5.37. The van der Waals surface area contributed by atoms with Gasteiger partial charge in [-0.25, -0.2) is 29.2 Å². The van der Waals surface area contributed by atoms with Crippen molar-refractivity contribution in [2.24, 2.45) is 9.98 Å². The van der Waals surface area contributed by atoms with Gasteiger partial charge in [-0.05, 0) is 71.8 Å². The SMILES string of the molecule is CCN1C(=O)C(=Nc2nc3c(s2)-c2cc4c(cc2C(C(=O)OCc2ccccc2)(C(=O)OCc2ccccc2)O3)-c2sc(N=C3SC(=C(C#N)C#N)N(CC)C3=O)nc2OC4(C(=O)OCc2ccccc2)C(=O)OCc2ccccc2)SC1=C(C#N)C#N. The highest BCUT2D eigenvalue weighted by Gasteiger charge is 2.63. The minimum Gasteiger partial charge on any atom is -0.457 e. The quantitative estimate of drug-likeness (QED) is 0.0376. The molecule has 0 bridgehead atoms. The molecule has 0 spiro atoms. The van der Waals surface area contributed by atoms with Gasteiger partial charge in [0.05, 0.1) is 0 Å². The van der Waals surface area contributed by atoms with Crippen LogP contribution in [-0.4, -0.2) is 78.6 Å². The molecule has 434 valence electrons. The molecule has 2 amide bonds. The first-order valence-electron chi connectivity index (χ1n) is 26.5. The fraction of sp³-hybridized carbons (Fsp3) is 0.161. The van der Waals surface area contributed by atoms with Crippen LogP contribution in [0.15, 0.2) is 165 Å². The molecule has 4 aliphatic rings. The lowest BCUT2D eigenvalue weighted by Crippen LogP contribution is -2.54. The lowest BCUT2D eigenvalue weighted by Gasteiger charge is -2.38. The average molecular weight is 1250 g/mol. The Morgan fingerprint density at radius 1 is 0.500 bits per heavy atom. The van der Waals surface area contributed by atoms with Crippen molar-refractivity contribution in [3.63, 3.8) is 0 Å². The number of benzene rings is 5. The largest absolute Gasteiger partial charge is 0.457 e. The summed E-state index contributed by atoms with van der Waals surface area (Å²) in [5.74, 6) is -7.45. The van der Waals surface area contributed by atoms with Gasteiger partial charge < -0.3 is 28.4 Å². The van der Waals surface area contributed by atoms with Gasteiger partial charge in [0.1, 0.15) is 70.5 Å². The smallest absolute Gasteiger partial charge is 0.367 e. The molecule has 2 fully saturated rings. The zero-order valence-corrected chi connectivity index (χ0v) is 49.2. The predicted octanol–water partition coefficient (Wildman–Crippen LogP) is 9.85. The second kappa shape index (κ2) is 25.1. The molecular formula is C62H40N10O12S4. The maximum atomic E-state index is 15.6. The molecule has 11 rings (SSSR count). The first-order chi connectivity index (χ1) is 42.8. The number of fused-ring (bicyclic) bond motifs is 6. The van der Waals surface area contributed by atoms with Crippen molar-refractivity contribution in [3.8, 4) is 56.9 Å². The Bertz CT molecular complexity index is 3930. The van der Waals surface area contributed by atoms with E-state index in [1.54, 1.807) is 135 Å². The zero-order chi connectivity index (χ0) is 61.7. The molecular weight excluding hydrogens is 1210 g/mol. The molecule has 2 aromatic heterocycles. The van der Waals surface area contributed by atoms with Crippen LogP contribution in [0, 0.1) is 45.3 Å². The van der Waals surface area contributed by atoms with Gasteiger partial charge in [0.2, 0.25) is 22.0 Å². The van der Waals surface area contributed by atoms with Gasteiger partial charge in [-0.15, -0.1) is 0 Å². The normalized spacial score (nSPS) is 15.6. The Morgan fingerprint density at radius 2 is 0.795 bits per heavy atom. The summed E-state index contributed by atoms with van der Waals surface area (Å²) >= 11 is 3.10. The summed E-state index contributed by atoms with van der Waals surface area (Å²) in [6.45, 7) is 1.80. The Labute approximate surface area is 516 Å². The van der Waals surface area contributed by atoms with Gasteiger partial charge in [-0.3, -0.25) is 19.4 Å². The molecule has 0 N–H and O–H groups in total. The Kier molecular flexibility index (Phi) is 16.8. The Hall–Kier alpha value is -10.7. The molecule has 0 radical (unpaired) electrons. The number of thiazole rings is 2. The van der Waals surface area contributed by atoms with Gasteiger partial charge >= 0.3 is 35.1 Å². The van der Waals surface area contributed by atoms with Crippen molar-refractivity contribution in [1.29, 1.82) is 21.0 Å². The molecule has 26 heteroatoms. The van der Waals surface area contributed by atoms with Gasteiger partial charge in [-0.1, -0.05) is 144 Å². The van der Waals surface area contributed by atoms with Crippen molar-refractivity contribution < 1.29 is 57.2 Å². The number of rotatable bonds is 16. The zero-order valence-electron chi connectivity index (χ0n) is 45.9. The van der Waals surface area contributed by atoms with E-state index in [0.717, 1.165) is 46.2 Å². The molecule has 0 unspecified atom stereocenters. The van der Waals surface area contributed by atoms with Crippen LogP contribution in [0.5, 0.6) is 11.8 Å². The topological polar surface area (TPSA) is 310 Å². The van der Waals surface area contributed by atoms with Gasteiger partial charge in [0.25, 0.3) is 11.8 Å². The van der Waals surface area contributed by atoms with Crippen molar-refractivity contribution in [1.82, 2.24) is 19.8 Å². The van der Waals surface area contributed by atoms with Crippen LogP contribution in [0.3, 0.4) is 0 Å². The Morgan fingerprint density at radius 3 is 1.07 bits per heavy atom. The third-order valence-corrected chi connectivity index (χ3v) is 17.8. The van der Waals surface area contributed by atoms with E-state index >= 15 is 19.2 Å². The number of aromatic nitrogens is 2. The molecule has 4 aliphatic heterocycles. The molecule has 0 aliphatic carbocycles. The maximum absolute atomic E-state index is 15.6. The van der Waals surface area contributed by atoms with E-state index in [2.05, 4.69) is 20.0 Å². The molecule has 88 heavy (non-hydrogen) atoms. The van der Waals surface area contributed by atoms with Gasteiger partial charge in [0.15, 0.2) is 21.2 Å². The number of nitriles is 4. The number of allylic oxidation sites excluding steroid dienone is 2. The third kappa shape index (κ3) is 10.9. The van der Waals surface area contributed by atoms with Crippen molar-refractivity contribution >= 4 is 102 Å². The number of carbonyl (C=O) groups is 6. The van der Waals surface area contributed by atoms with Crippen LogP contribution in [-0.2, 0) is 85.3 Å². The number of ether oxygens (including phenoxy) is 6. The summed E-state index contributed by atoms with van der Waals surface area (Å²) in [7, 11) is 0. The molecule has 0 saturated carbocycles. The van der Waals surface area contributed by atoms with E-state index in [1.165, 1.54) is 21.9 Å². The lowest BCUT2D eigenvalue weighted by atomic mass is 9.79. The number of nitrogens with zero attached hydrogens (tertiary/aromatic N) is 10. The van der Waals surface area contributed by atoms with Crippen LogP contribution < -0.4 is 9.47 Å². The second-order valence-corrected chi connectivity index (χ2v) is 22.9. The highest BCUT2D eigenvalue weighted by atomic mass is 32.2. The van der Waals surface area contributed by atoms with E-state index in [9.17, 15) is 30.6 Å². The predicted molar refractivity (Wildman–Crippen MR) is 319 cm³/mol. The van der Waals surface area contributed by atoms with Crippen LogP contribution >= 0.6 is 46.2 Å². The van der Waals surface area contributed by atoms with E-state index in [-0.39, 0.29) is 86.7 Å². The average Bonchev–Trinajstić information content (AvgIpc) is 1.24. The highest BCUT2D eigenvalue weighted by Crippen LogP contribution is 2.58. The van der Waals surface area contributed by atoms with Gasteiger partial charge in [-0.2, -0.15) is 31.0 Å². The van der Waals surface area contributed by atoms with Crippen molar-refractivity contribution in [2.45, 2.75) is 51.5 Å². The summed E-state index contributed by atoms with van der Waals surface area (Å²) < 4.78 is 37.5. The van der Waals surface area contributed by atoms with Gasteiger partial charge in [0, 0.05) is 35.3 Å². The molecule has 5 aromatic carbocycles.